The van der Waals surface area contributed by atoms with E-state index < -0.39 is 34.0 Å². The van der Waals surface area contributed by atoms with Gasteiger partial charge in [0.25, 0.3) is 0 Å². The van der Waals surface area contributed by atoms with Crippen molar-refractivity contribution >= 4 is 35.2 Å². The standard InChI is InChI=1S/C29H35ClN6O6/c1-18-8-9-19-7-6-11-29(21(19)15-18,25(37)41-5)16-22-23(36(39)40)24(33-26(30)32-22)34-13-14-35(20(17-34)10-12-31)27(38)42-28(2,3)4/h8-9,15,20H,6-7,10-11,13-14,16-17H2,1-5H3/t20-,29?/m0/s1. The lowest BCUT2D eigenvalue weighted by atomic mass is 9.67. The molecule has 224 valence electrons. The second-order valence-corrected chi connectivity index (χ2v) is 12.1. The minimum atomic E-state index is -1.20. The number of nitriles is 1. The largest absolute Gasteiger partial charge is 0.468 e. The van der Waals surface area contributed by atoms with Gasteiger partial charge in [-0.25, -0.2) is 9.78 Å². The average Bonchev–Trinajstić information content (AvgIpc) is 2.91. The first-order chi connectivity index (χ1) is 19.8. The number of ether oxygens (including phenoxy) is 2. The molecule has 4 rings (SSSR count). The highest BCUT2D eigenvalue weighted by Crippen LogP contribution is 2.44. The normalized spacial score (nSPS) is 20.4. The Labute approximate surface area is 249 Å². The number of nitro groups is 1. The smallest absolute Gasteiger partial charge is 0.410 e. The monoisotopic (exact) mass is 598 g/mol. The summed E-state index contributed by atoms with van der Waals surface area (Å²) in [4.78, 5) is 50.0. The third-order valence-corrected chi connectivity index (χ3v) is 7.88. The first-order valence-electron chi connectivity index (χ1n) is 13.8. The number of aromatic nitrogens is 2. The number of esters is 1. The van der Waals surface area contributed by atoms with Crippen LogP contribution in [0.5, 0.6) is 0 Å². The van der Waals surface area contributed by atoms with Crippen molar-refractivity contribution in [3.8, 4) is 6.07 Å². The summed E-state index contributed by atoms with van der Waals surface area (Å²) in [5.74, 6) is -0.526. The fourth-order valence-electron chi connectivity index (χ4n) is 5.90. The van der Waals surface area contributed by atoms with Crippen LogP contribution in [0.4, 0.5) is 16.3 Å². The lowest BCUT2D eigenvalue weighted by Gasteiger charge is -2.41. The van der Waals surface area contributed by atoms with Crippen LogP contribution in [-0.4, -0.2) is 70.2 Å². The van der Waals surface area contributed by atoms with Crippen LogP contribution in [0.25, 0.3) is 0 Å². The summed E-state index contributed by atoms with van der Waals surface area (Å²) in [5, 5.41) is 21.9. The topological polar surface area (TPSA) is 152 Å². The van der Waals surface area contributed by atoms with Crippen molar-refractivity contribution in [3.05, 3.63) is 56.0 Å². The molecule has 1 amide bonds. The zero-order chi connectivity index (χ0) is 30.8. The Morgan fingerprint density at radius 1 is 1.29 bits per heavy atom. The van der Waals surface area contributed by atoms with Gasteiger partial charge in [0.05, 0.1) is 36.0 Å². The van der Waals surface area contributed by atoms with Gasteiger partial charge in [0, 0.05) is 26.1 Å². The maximum atomic E-state index is 13.5. The van der Waals surface area contributed by atoms with E-state index in [0.29, 0.717) is 12.8 Å². The predicted octanol–water partition coefficient (Wildman–Crippen LogP) is 4.68. The minimum Gasteiger partial charge on any atom is -0.468 e. The quantitative estimate of drug-likeness (QED) is 0.198. The number of nitrogens with zero attached hydrogens (tertiary/aromatic N) is 6. The van der Waals surface area contributed by atoms with Crippen molar-refractivity contribution in [1.82, 2.24) is 14.9 Å². The minimum absolute atomic E-state index is 0.0150. The second-order valence-electron chi connectivity index (χ2n) is 11.8. The molecule has 0 spiro atoms. The van der Waals surface area contributed by atoms with Crippen LogP contribution in [0.3, 0.4) is 0 Å². The SMILES string of the molecule is COC(=O)C1(Cc2nc(Cl)nc(N3CCN(C(=O)OC(C)(C)C)[C@@H](CC#N)C3)c2[N+](=O)[O-])CCCc2ccc(C)cc21. The first-order valence-corrected chi connectivity index (χ1v) is 14.2. The number of rotatable bonds is 6. The van der Waals surface area contributed by atoms with E-state index >= 15 is 0 Å². The molecule has 2 aliphatic rings. The highest BCUT2D eigenvalue weighted by Gasteiger charge is 2.47. The summed E-state index contributed by atoms with van der Waals surface area (Å²) >= 11 is 6.37. The predicted molar refractivity (Wildman–Crippen MR) is 154 cm³/mol. The molecule has 2 heterocycles. The molecule has 12 nitrogen and oxygen atoms in total. The molecule has 1 aliphatic heterocycles. The average molecular weight is 599 g/mol. The second kappa shape index (κ2) is 12.1. The third-order valence-electron chi connectivity index (χ3n) is 7.71. The van der Waals surface area contributed by atoms with Gasteiger partial charge in [0.1, 0.15) is 11.3 Å². The number of hydrogen-bond acceptors (Lipinski definition) is 10. The van der Waals surface area contributed by atoms with Crippen LogP contribution in [0, 0.1) is 28.4 Å². The zero-order valence-electron chi connectivity index (χ0n) is 24.5. The molecule has 13 heteroatoms. The van der Waals surface area contributed by atoms with Crippen LogP contribution >= 0.6 is 11.6 Å². The summed E-state index contributed by atoms with van der Waals surface area (Å²) in [6, 6.07) is 7.37. The van der Waals surface area contributed by atoms with Crippen LogP contribution in [0.1, 0.15) is 62.4 Å². The van der Waals surface area contributed by atoms with Gasteiger partial charge >= 0.3 is 17.7 Å². The van der Waals surface area contributed by atoms with Crippen LogP contribution in [-0.2, 0) is 32.5 Å². The number of methoxy groups -OCH3 is 1. The van der Waals surface area contributed by atoms with Gasteiger partial charge in [-0.3, -0.25) is 14.9 Å². The summed E-state index contributed by atoms with van der Waals surface area (Å²) in [6.07, 6.45) is 1.19. The van der Waals surface area contributed by atoms with Crippen molar-refractivity contribution in [2.75, 3.05) is 31.6 Å². The van der Waals surface area contributed by atoms with Crippen LogP contribution in [0.15, 0.2) is 18.2 Å². The molecule has 2 aromatic rings. The molecule has 1 aromatic heterocycles. The molecule has 0 N–H and O–H groups in total. The molecule has 1 unspecified atom stereocenters. The number of aryl methyl sites for hydroxylation is 2. The highest BCUT2D eigenvalue weighted by molar-refractivity contribution is 6.28. The molecule has 2 atom stereocenters. The maximum Gasteiger partial charge on any atom is 0.410 e. The molecule has 0 saturated carbocycles. The van der Waals surface area contributed by atoms with Crippen molar-refractivity contribution in [2.45, 2.75) is 76.9 Å². The fraction of sp³-hybridized carbons (Fsp3) is 0.552. The Morgan fingerprint density at radius 3 is 2.67 bits per heavy atom. The molecule has 1 saturated heterocycles. The van der Waals surface area contributed by atoms with Gasteiger partial charge in [-0.2, -0.15) is 10.2 Å². The summed E-state index contributed by atoms with van der Waals surface area (Å²) in [6.45, 7) is 7.59. The number of halogens is 1. The summed E-state index contributed by atoms with van der Waals surface area (Å²) in [5.41, 5.74) is 0.415. The molecule has 42 heavy (non-hydrogen) atoms. The van der Waals surface area contributed by atoms with E-state index in [1.165, 1.54) is 12.0 Å². The Hall–Kier alpha value is -3.98. The van der Waals surface area contributed by atoms with Crippen molar-refractivity contribution < 1.29 is 24.0 Å². The molecule has 1 fully saturated rings. The lowest BCUT2D eigenvalue weighted by molar-refractivity contribution is -0.385. The van der Waals surface area contributed by atoms with E-state index in [2.05, 4.69) is 16.0 Å². The van der Waals surface area contributed by atoms with E-state index in [9.17, 15) is 25.0 Å². The van der Waals surface area contributed by atoms with E-state index in [1.807, 2.05) is 25.1 Å². The van der Waals surface area contributed by atoms with Crippen molar-refractivity contribution in [2.24, 2.45) is 0 Å². The fourth-order valence-corrected chi connectivity index (χ4v) is 6.08. The van der Waals surface area contributed by atoms with Gasteiger partial charge in [-0.05, 0) is 69.7 Å². The number of hydrogen-bond donors (Lipinski definition) is 0. The Morgan fingerprint density at radius 2 is 2.02 bits per heavy atom. The molecule has 1 aromatic carbocycles. The number of carbonyl (C=O) groups excluding carboxylic acids is 2. The highest BCUT2D eigenvalue weighted by atomic mass is 35.5. The van der Waals surface area contributed by atoms with Gasteiger partial charge in [-0.1, -0.05) is 23.8 Å². The Bertz CT molecular complexity index is 1440. The Balaban J connectivity index is 1.77. The zero-order valence-corrected chi connectivity index (χ0v) is 25.2. The summed E-state index contributed by atoms with van der Waals surface area (Å²) in [7, 11) is 1.31. The van der Waals surface area contributed by atoms with Crippen LogP contribution < -0.4 is 4.90 Å². The van der Waals surface area contributed by atoms with Crippen LogP contribution in [0.2, 0.25) is 5.28 Å². The number of fused-ring (bicyclic) bond motifs is 1. The molecule has 1 aliphatic carbocycles. The van der Waals surface area contributed by atoms with Gasteiger partial charge in [0.15, 0.2) is 0 Å². The van der Waals surface area contributed by atoms with Gasteiger partial charge in [-0.15, -0.1) is 0 Å². The number of carbonyl (C=O) groups is 2. The molecule has 0 bridgehead atoms. The Kier molecular flexibility index (Phi) is 8.92. The van der Waals surface area contributed by atoms with Crippen molar-refractivity contribution in [1.29, 1.82) is 5.26 Å². The molecule has 0 radical (unpaired) electrons. The maximum absolute atomic E-state index is 13.5. The molecular formula is C29H35ClN6O6. The summed E-state index contributed by atoms with van der Waals surface area (Å²) < 4.78 is 10.8. The molecular weight excluding hydrogens is 564 g/mol. The number of anilines is 1. The number of piperazine rings is 1. The van der Waals surface area contributed by atoms with Crippen molar-refractivity contribution in [3.63, 3.8) is 0 Å². The first kappa shape index (κ1) is 31.0. The number of benzene rings is 1. The van der Waals surface area contributed by atoms with Gasteiger partial charge < -0.3 is 19.3 Å². The van der Waals surface area contributed by atoms with Gasteiger partial charge in [0.2, 0.25) is 11.1 Å². The van der Waals surface area contributed by atoms with E-state index in [1.54, 1.807) is 25.7 Å². The number of amides is 1. The van der Waals surface area contributed by atoms with E-state index in [-0.39, 0.29) is 55.0 Å². The van der Waals surface area contributed by atoms with E-state index in [0.717, 1.165) is 23.1 Å². The van der Waals surface area contributed by atoms with E-state index in [4.69, 9.17) is 21.1 Å². The lowest BCUT2D eigenvalue weighted by Crippen LogP contribution is -2.56. The third kappa shape index (κ3) is 6.26.